The zero-order valence-corrected chi connectivity index (χ0v) is 14.9. The van der Waals surface area contributed by atoms with Crippen molar-refractivity contribution in [3.05, 3.63) is 44.6 Å². The predicted octanol–water partition coefficient (Wildman–Crippen LogP) is 2.75. The van der Waals surface area contributed by atoms with E-state index in [-0.39, 0.29) is 11.7 Å². The van der Waals surface area contributed by atoms with Crippen molar-refractivity contribution in [2.45, 2.75) is 0 Å². The minimum Gasteiger partial charge on any atom is -0.493 e. The van der Waals surface area contributed by atoms with Crippen LogP contribution < -0.4 is 14.9 Å². The van der Waals surface area contributed by atoms with Crippen LogP contribution in [0.4, 0.5) is 0 Å². The molecule has 1 heterocycles. The van der Waals surface area contributed by atoms with Crippen molar-refractivity contribution in [3.8, 4) is 11.5 Å². The van der Waals surface area contributed by atoms with Gasteiger partial charge in [0.05, 0.1) is 22.7 Å². The number of rotatable bonds is 7. The van der Waals surface area contributed by atoms with E-state index in [1.54, 1.807) is 29.6 Å². The molecule has 0 saturated carbocycles. The maximum atomic E-state index is 11.8. The number of thiophene rings is 1. The number of ether oxygens (including phenoxy) is 2. The summed E-state index contributed by atoms with van der Waals surface area (Å²) >= 11 is 4.61. The van der Waals surface area contributed by atoms with Crippen molar-refractivity contribution in [1.82, 2.24) is 5.43 Å². The van der Waals surface area contributed by atoms with Gasteiger partial charge in [-0.2, -0.15) is 5.10 Å². The second-order valence-corrected chi connectivity index (χ2v) is 6.19. The zero-order valence-electron chi connectivity index (χ0n) is 12.5. The smallest absolute Gasteiger partial charge is 0.341 e. The Balaban J connectivity index is 2.10. The minimum atomic E-state index is -1.09. The topological polar surface area (TPSA) is 97.2 Å². The van der Waals surface area contributed by atoms with E-state index in [1.165, 1.54) is 24.7 Å². The lowest BCUT2D eigenvalue weighted by molar-refractivity contribution is -0.139. The molecule has 9 heteroatoms. The Kier molecular flexibility index (Phi) is 6.33. The van der Waals surface area contributed by atoms with E-state index in [2.05, 4.69) is 26.5 Å². The molecule has 0 aliphatic rings. The highest BCUT2D eigenvalue weighted by Crippen LogP contribution is 2.36. The number of hydrazone groups is 1. The lowest BCUT2D eigenvalue weighted by atomic mass is 10.2. The fourth-order valence-electron chi connectivity index (χ4n) is 1.72. The van der Waals surface area contributed by atoms with Crippen molar-refractivity contribution in [3.63, 3.8) is 0 Å². The molecule has 2 aromatic rings. The number of methoxy groups -OCH3 is 1. The summed E-state index contributed by atoms with van der Waals surface area (Å²) in [6.07, 6.45) is 1.44. The van der Waals surface area contributed by atoms with Crippen LogP contribution in [-0.2, 0) is 4.79 Å². The number of carbonyl (C=O) groups is 2. The van der Waals surface area contributed by atoms with Gasteiger partial charge in [-0.25, -0.2) is 10.2 Å². The number of carboxylic acids is 1. The number of benzene rings is 1. The Bertz CT molecular complexity index is 761. The second kappa shape index (κ2) is 8.46. The van der Waals surface area contributed by atoms with E-state index in [9.17, 15) is 9.59 Å². The quantitative estimate of drug-likeness (QED) is 0.538. The number of amides is 1. The first-order valence-electron chi connectivity index (χ1n) is 6.60. The number of aliphatic carboxylic acids is 1. The number of nitrogens with zero attached hydrogens (tertiary/aromatic N) is 1. The highest BCUT2D eigenvalue weighted by Gasteiger charge is 2.13. The largest absolute Gasteiger partial charge is 0.493 e. The molecule has 0 bridgehead atoms. The number of hydrogen-bond acceptors (Lipinski definition) is 6. The van der Waals surface area contributed by atoms with Crippen LogP contribution >= 0.6 is 27.3 Å². The Morgan fingerprint density at radius 2 is 2.25 bits per heavy atom. The monoisotopic (exact) mass is 412 g/mol. The van der Waals surface area contributed by atoms with Crippen molar-refractivity contribution >= 4 is 45.4 Å². The molecule has 0 saturated heterocycles. The molecule has 1 amide bonds. The fraction of sp³-hybridized carbons (Fsp3) is 0.133. The summed E-state index contributed by atoms with van der Waals surface area (Å²) in [5.74, 6) is -0.768. The molecule has 0 aliphatic heterocycles. The first kappa shape index (κ1) is 18.0. The normalized spacial score (nSPS) is 10.6. The molecule has 0 radical (unpaired) electrons. The van der Waals surface area contributed by atoms with Crippen LogP contribution in [0.15, 0.2) is 39.2 Å². The third kappa shape index (κ3) is 4.80. The van der Waals surface area contributed by atoms with E-state index >= 15 is 0 Å². The van der Waals surface area contributed by atoms with Gasteiger partial charge in [-0.3, -0.25) is 4.79 Å². The Labute approximate surface area is 150 Å². The molecular weight excluding hydrogens is 400 g/mol. The highest BCUT2D eigenvalue weighted by molar-refractivity contribution is 9.10. The van der Waals surface area contributed by atoms with Gasteiger partial charge in [0.2, 0.25) is 0 Å². The van der Waals surface area contributed by atoms with Gasteiger partial charge in [0, 0.05) is 0 Å². The summed E-state index contributed by atoms with van der Waals surface area (Å²) in [5, 5.41) is 14.4. The maximum absolute atomic E-state index is 11.8. The van der Waals surface area contributed by atoms with Crippen LogP contribution in [0.3, 0.4) is 0 Å². The minimum absolute atomic E-state index is 0.277. The maximum Gasteiger partial charge on any atom is 0.341 e. The summed E-state index contributed by atoms with van der Waals surface area (Å²) < 4.78 is 10.9. The Hall–Kier alpha value is -2.39. The first-order valence-corrected chi connectivity index (χ1v) is 8.27. The number of carboxylic acid groups (broad SMARTS) is 1. The number of halogens is 1. The van der Waals surface area contributed by atoms with Gasteiger partial charge in [-0.1, -0.05) is 6.07 Å². The SMILES string of the molecule is COc1cc(C=NNC(=O)c2cccs2)cc(Br)c1OCC(=O)O. The van der Waals surface area contributed by atoms with Gasteiger partial charge in [0.25, 0.3) is 5.91 Å². The molecule has 0 spiro atoms. The molecule has 7 nitrogen and oxygen atoms in total. The molecule has 0 unspecified atom stereocenters. The van der Waals surface area contributed by atoms with Gasteiger partial charge in [-0.15, -0.1) is 11.3 Å². The number of carbonyl (C=O) groups excluding carboxylic acids is 1. The summed E-state index contributed by atoms with van der Waals surface area (Å²) in [4.78, 5) is 22.9. The summed E-state index contributed by atoms with van der Waals surface area (Å²) in [5.41, 5.74) is 3.05. The Morgan fingerprint density at radius 1 is 1.46 bits per heavy atom. The predicted molar refractivity (Wildman–Crippen MR) is 93.2 cm³/mol. The molecule has 2 rings (SSSR count). The average Bonchev–Trinajstić information content (AvgIpc) is 3.07. The average molecular weight is 413 g/mol. The molecule has 0 fully saturated rings. The molecule has 24 heavy (non-hydrogen) atoms. The van der Waals surface area contributed by atoms with Crippen LogP contribution in [0, 0.1) is 0 Å². The van der Waals surface area contributed by atoms with E-state index in [4.69, 9.17) is 14.6 Å². The summed E-state index contributed by atoms with van der Waals surface area (Å²) in [6, 6.07) is 6.76. The standard InChI is InChI=1S/C15H13BrN2O5S/c1-22-11-6-9(5-10(16)14(11)23-8-13(19)20)7-17-18-15(21)12-3-2-4-24-12/h2-7H,8H2,1H3,(H,18,21)(H,19,20). The lowest BCUT2D eigenvalue weighted by Crippen LogP contribution is -2.16. The lowest BCUT2D eigenvalue weighted by Gasteiger charge is -2.12. The summed E-state index contributed by atoms with van der Waals surface area (Å²) in [7, 11) is 1.44. The highest BCUT2D eigenvalue weighted by atomic mass is 79.9. The molecule has 0 atom stereocenters. The van der Waals surface area contributed by atoms with Crippen molar-refractivity contribution < 1.29 is 24.2 Å². The van der Waals surface area contributed by atoms with Crippen molar-refractivity contribution in [2.75, 3.05) is 13.7 Å². The molecule has 1 aromatic heterocycles. The van der Waals surface area contributed by atoms with Gasteiger partial charge >= 0.3 is 5.97 Å². The first-order chi connectivity index (χ1) is 11.5. The number of nitrogens with one attached hydrogen (secondary N) is 1. The van der Waals surface area contributed by atoms with E-state index in [0.29, 0.717) is 20.7 Å². The third-order valence-corrected chi connectivity index (χ3v) is 4.17. The van der Waals surface area contributed by atoms with E-state index < -0.39 is 12.6 Å². The van der Waals surface area contributed by atoms with Crippen LogP contribution in [0.5, 0.6) is 11.5 Å². The number of hydrogen-bond donors (Lipinski definition) is 2. The second-order valence-electron chi connectivity index (χ2n) is 4.39. The Morgan fingerprint density at radius 3 is 2.88 bits per heavy atom. The van der Waals surface area contributed by atoms with Crippen LogP contribution in [0.2, 0.25) is 0 Å². The molecule has 2 N–H and O–H groups in total. The molecular formula is C15H13BrN2O5S. The zero-order chi connectivity index (χ0) is 17.5. The fourth-order valence-corrected chi connectivity index (χ4v) is 2.90. The molecule has 0 aliphatic carbocycles. The van der Waals surface area contributed by atoms with Gasteiger partial charge in [0.1, 0.15) is 0 Å². The van der Waals surface area contributed by atoms with Crippen molar-refractivity contribution in [1.29, 1.82) is 0 Å². The summed E-state index contributed by atoms with van der Waals surface area (Å²) in [6.45, 7) is -0.487. The van der Waals surface area contributed by atoms with Crippen LogP contribution in [0.25, 0.3) is 0 Å². The van der Waals surface area contributed by atoms with E-state index in [0.717, 1.165) is 0 Å². The third-order valence-electron chi connectivity index (χ3n) is 2.72. The van der Waals surface area contributed by atoms with Crippen LogP contribution in [-0.4, -0.2) is 36.9 Å². The van der Waals surface area contributed by atoms with Crippen LogP contribution in [0.1, 0.15) is 15.2 Å². The van der Waals surface area contributed by atoms with Gasteiger partial charge in [-0.05, 0) is 45.1 Å². The van der Waals surface area contributed by atoms with E-state index in [1.807, 2.05) is 0 Å². The van der Waals surface area contributed by atoms with Gasteiger partial charge in [0.15, 0.2) is 18.1 Å². The van der Waals surface area contributed by atoms with Crippen molar-refractivity contribution in [2.24, 2.45) is 5.10 Å². The van der Waals surface area contributed by atoms with Gasteiger partial charge < -0.3 is 14.6 Å². The molecule has 1 aromatic carbocycles. The molecule has 126 valence electrons.